The average Bonchev–Trinajstić information content (AvgIpc) is 3.10. The molecular formula is C15H15NO2. The Kier molecular flexibility index (Phi) is 2.89. The van der Waals surface area contributed by atoms with E-state index in [1.165, 1.54) is 0 Å². The first-order chi connectivity index (χ1) is 8.86. The molecule has 1 aromatic heterocycles. The van der Waals surface area contributed by atoms with E-state index in [0.29, 0.717) is 5.76 Å². The SMILES string of the molecule is O=C(c1occc1-c1ccccc1)N1CCCC1. The van der Waals surface area contributed by atoms with Crippen molar-refractivity contribution in [3.8, 4) is 11.1 Å². The monoisotopic (exact) mass is 241 g/mol. The van der Waals surface area contributed by atoms with Crippen molar-refractivity contribution < 1.29 is 9.21 Å². The lowest BCUT2D eigenvalue weighted by atomic mass is 10.1. The standard InChI is InChI=1S/C15H15NO2/c17-15(16-9-4-5-10-16)14-13(8-11-18-14)12-6-2-1-3-7-12/h1-3,6-8,11H,4-5,9-10H2. The first-order valence-corrected chi connectivity index (χ1v) is 6.28. The molecule has 0 atom stereocenters. The van der Waals surface area contributed by atoms with Crippen molar-refractivity contribution in [1.82, 2.24) is 4.90 Å². The zero-order valence-corrected chi connectivity index (χ0v) is 10.1. The molecule has 3 rings (SSSR count). The molecule has 0 radical (unpaired) electrons. The van der Waals surface area contributed by atoms with Gasteiger partial charge in [0.15, 0.2) is 5.76 Å². The second-order valence-electron chi connectivity index (χ2n) is 4.53. The van der Waals surface area contributed by atoms with Gasteiger partial charge in [-0.05, 0) is 24.5 Å². The van der Waals surface area contributed by atoms with E-state index in [9.17, 15) is 4.79 Å². The predicted octanol–water partition coefficient (Wildman–Crippen LogP) is 3.18. The van der Waals surface area contributed by atoms with Crippen LogP contribution in [0.25, 0.3) is 11.1 Å². The fraction of sp³-hybridized carbons (Fsp3) is 0.267. The summed E-state index contributed by atoms with van der Waals surface area (Å²) >= 11 is 0. The van der Waals surface area contributed by atoms with Gasteiger partial charge in [0.2, 0.25) is 0 Å². The molecule has 0 spiro atoms. The molecule has 2 aromatic rings. The molecular weight excluding hydrogens is 226 g/mol. The molecule has 1 aliphatic rings. The molecule has 92 valence electrons. The maximum absolute atomic E-state index is 12.3. The van der Waals surface area contributed by atoms with Crippen molar-refractivity contribution in [3.63, 3.8) is 0 Å². The minimum absolute atomic E-state index is 0.0105. The minimum Gasteiger partial charge on any atom is -0.459 e. The van der Waals surface area contributed by atoms with Gasteiger partial charge in [0.1, 0.15) is 0 Å². The van der Waals surface area contributed by atoms with Gasteiger partial charge in [0.25, 0.3) is 5.91 Å². The number of benzene rings is 1. The number of nitrogens with zero attached hydrogens (tertiary/aromatic N) is 1. The topological polar surface area (TPSA) is 33.5 Å². The van der Waals surface area contributed by atoms with Crippen LogP contribution in [0, 0.1) is 0 Å². The van der Waals surface area contributed by atoms with E-state index in [-0.39, 0.29) is 5.91 Å². The van der Waals surface area contributed by atoms with Gasteiger partial charge < -0.3 is 9.32 Å². The Balaban J connectivity index is 1.94. The van der Waals surface area contributed by atoms with Gasteiger partial charge in [-0.3, -0.25) is 4.79 Å². The van der Waals surface area contributed by atoms with Crippen LogP contribution in [0.1, 0.15) is 23.4 Å². The molecule has 1 aliphatic heterocycles. The molecule has 0 saturated carbocycles. The third kappa shape index (κ3) is 1.92. The summed E-state index contributed by atoms with van der Waals surface area (Å²) in [5, 5.41) is 0. The summed E-state index contributed by atoms with van der Waals surface area (Å²) in [6.45, 7) is 1.68. The highest BCUT2D eigenvalue weighted by molar-refractivity contribution is 5.98. The van der Waals surface area contributed by atoms with E-state index in [1.807, 2.05) is 41.3 Å². The van der Waals surface area contributed by atoms with Crippen LogP contribution in [0.2, 0.25) is 0 Å². The summed E-state index contributed by atoms with van der Waals surface area (Å²) in [4.78, 5) is 14.2. The van der Waals surface area contributed by atoms with Gasteiger partial charge in [0.05, 0.1) is 6.26 Å². The second-order valence-corrected chi connectivity index (χ2v) is 4.53. The van der Waals surface area contributed by atoms with E-state index in [4.69, 9.17) is 4.42 Å². The van der Waals surface area contributed by atoms with Gasteiger partial charge >= 0.3 is 0 Å². The Labute approximate surface area is 106 Å². The molecule has 3 heteroatoms. The predicted molar refractivity (Wildman–Crippen MR) is 69.3 cm³/mol. The van der Waals surface area contributed by atoms with E-state index in [0.717, 1.165) is 37.1 Å². The summed E-state index contributed by atoms with van der Waals surface area (Å²) in [5.41, 5.74) is 1.90. The normalized spacial score (nSPS) is 15.0. The summed E-state index contributed by atoms with van der Waals surface area (Å²) in [7, 11) is 0. The molecule has 0 N–H and O–H groups in total. The van der Waals surface area contributed by atoms with Crippen molar-refractivity contribution in [2.24, 2.45) is 0 Å². The summed E-state index contributed by atoms with van der Waals surface area (Å²) < 4.78 is 5.40. The van der Waals surface area contributed by atoms with Crippen molar-refractivity contribution in [3.05, 3.63) is 48.4 Å². The number of hydrogen-bond donors (Lipinski definition) is 0. The highest BCUT2D eigenvalue weighted by atomic mass is 16.3. The molecule has 1 fully saturated rings. The third-order valence-corrected chi connectivity index (χ3v) is 3.34. The average molecular weight is 241 g/mol. The molecule has 18 heavy (non-hydrogen) atoms. The lowest BCUT2D eigenvalue weighted by Crippen LogP contribution is -2.27. The van der Waals surface area contributed by atoms with Gasteiger partial charge in [-0.1, -0.05) is 30.3 Å². The molecule has 0 aliphatic carbocycles. The number of rotatable bonds is 2. The Morgan fingerprint density at radius 3 is 2.50 bits per heavy atom. The Hall–Kier alpha value is -2.03. The molecule has 0 bridgehead atoms. The van der Waals surface area contributed by atoms with Gasteiger partial charge in [-0.15, -0.1) is 0 Å². The lowest BCUT2D eigenvalue weighted by Gasteiger charge is -2.14. The third-order valence-electron chi connectivity index (χ3n) is 3.34. The molecule has 3 nitrogen and oxygen atoms in total. The largest absolute Gasteiger partial charge is 0.459 e. The van der Waals surface area contributed by atoms with E-state index < -0.39 is 0 Å². The van der Waals surface area contributed by atoms with Crippen LogP contribution in [0.3, 0.4) is 0 Å². The van der Waals surface area contributed by atoms with Gasteiger partial charge in [-0.2, -0.15) is 0 Å². The van der Waals surface area contributed by atoms with E-state index in [1.54, 1.807) is 6.26 Å². The smallest absolute Gasteiger partial charge is 0.290 e. The van der Waals surface area contributed by atoms with Crippen molar-refractivity contribution in [2.45, 2.75) is 12.8 Å². The van der Waals surface area contributed by atoms with Gasteiger partial charge in [-0.25, -0.2) is 0 Å². The van der Waals surface area contributed by atoms with Crippen LogP contribution in [0.5, 0.6) is 0 Å². The van der Waals surface area contributed by atoms with Crippen LogP contribution in [0.4, 0.5) is 0 Å². The number of likely N-dealkylation sites (tertiary alicyclic amines) is 1. The number of amides is 1. The van der Waals surface area contributed by atoms with E-state index >= 15 is 0 Å². The molecule has 1 aromatic carbocycles. The van der Waals surface area contributed by atoms with Gasteiger partial charge in [0, 0.05) is 18.7 Å². The first kappa shape index (κ1) is 11.1. The lowest BCUT2D eigenvalue weighted by molar-refractivity contribution is 0.0762. The van der Waals surface area contributed by atoms with Crippen LogP contribution in [-0.2, 0) is 0 Å². The highest BCUT2D eigenvalue weighted by Gasteiger charge is 2.24. The molecule has 2 heterocycles. The maximum Gasteiger partial charge on any atom is 0.290 e. The molecule has 0 unspecified atom stereocenters. The minimum atomic E-state index is 0.0105. The van der Waals surface area contributed by atoms with Crippen LogP contribution >= 0.6 is 0 Å². The quantitative estimate of drug-likeness (QED) is 0.809. The van der Waals surface area contributed by atoms with Crippen molar-refractivity contribution in [2.75, 3.05) is 13.1 Å². The van der Waals surface area contributed by atoms with Crippen molar-refractivity contribution >= 4 is 5.91 Å². The number of hydrogen-bond acceptors (Lipinski definition) is 2. The number of carbonyl (C=O) groups excluding carboxylic acids is 1. The Morgan fingerprint density at radius 1 is 1.06 bits per heavy atom. The maximum atomic E-state index is 12.3. The number of carbonyl (C=O) groups is 1. The fourth-order valence-corrected chi connectivity index (χ4v) is 2.38. The zero-order valence-electron chi connectivity index (χ0n) is 10.1. The summed E-state index contributed by atoms with van der Waals surface area (Å²) in [5.74, 6) is 0.472. The fourth-order valence-electron chi connectivity index (χ4n) is 2.38. The van der Waals surface area contributed by atoms with Crippen molar-refractivity contribution in [1.29, 1.82) is 0 Å². The highest BCUT2D eigenvalue weighted by Crippen LogP contribution is 2.26. The molecule has 1 amide bonds. The first-order valence-electron chi connectivity index (χ1n) is 6.28. The van der Waals surface area contributed by atoms with Crippen LogP contribution in [0.15, 0.2) is 47.1 Å². The zero-order chi connectivity index (χ0) is 12.4. The van der Waals surface area contributed by atoms with Crippen LogP contribution < -0.4 is 0 Å². The second kappa shape index (κ2) is 4.69. The summed E-state index contributed by atoms with van der Waals surface area (Å²) in [6, 6.07) is 11.7. The Bertz CT molecular complexity index is 539. The molecule has 1 saturated heterocycles. The van der Waals surface area contributed by atoms with Crippen LogP contribution in [-0.4, -0.2) is 23.9 Å². The number of furan rings is 1. The Morgan fingerprint density at radius 2 is 1.78 bits per heavy atom. The summed E-state index contributed by atoms with van der Waals surface area (Å²) in [6.07, 6.45) is 3.77. The van der Waals surface area contributed by atoms with E-state index in [2.05, 4.69) is 0 Å².